The van der Waals surface area contributed by atoms with Gasteiger partial charge in [0, 0.05) is 5.69 Å². The minimum Gasteiger partial charge on any atom is -0.462 e. The minimum atomic E-state index is -3.14. The normalized spacial score (nSPS) is 12.1. The molecule has 1 heterocycles. The molecule has 0 saturated heterocycles. The number of ketones is 1. The van der Waals surface area contributed by atoms with E-state index >= 15 is 0 Å². The molecule has 0 bridgehead atoms. The maximum atomic E-state index is 12.4. The Bertz CT molecular complexity index is 613. The smallest absolute Gasteiger partial charge is 0.340 e. The molecule has 0 radical (unpaired) electrons. The zero-order valence-electron chi connectivity index (χ0n) is 12.8. The molecule has 9 heteroatoms. The van der Waals surface area contributed by atoms with Crippen molar-refractivity contribution in [2.24, 2.45) is 0 Å². The van der Waals surface area contributed by atoms with Crippen molar-refractivity contribution in [2.45, 2.75) is 33.2 Å². The summed E-state index contributed by atoms with van der Waals surface area (Å²) in [5, 5.41) is 1.63. The van der Waals surface area contributed by atoms with Crippen LogP contribution in [-0.2, 0) is 9.53 Å². The Labute approximate surface area is 130 Å². The van der Waals surface area contributed by atoms with E-state index in [4.69, 9.17) is 4.74 Å². The number of aromatic nitrogens is 1. The second kappa shape index (κ2) is 7.80. The average Bonchev–Trinajstić information content (AvgIpc) is 2.78. The number of H-pyrrole nitrogens is 1. The van der Waals surface area contributed by atoms with Crippen molar-refractivity contribution >= 4 is 17.7 Å². The molecule has 128 valence electrons. The Kier molecular flexibility index (Phi) is 6.35. The van der Waals surface area contributed by atoms with Crippen LogP contribution in [0.25, 0.3) is 0 Å². The SMILES string of the molecule is CCOC(=O)c1c(C)[nH]c(C(=O)C(=O)NC(CF)C(F)F)c1C. The first kappa shape index (κ1) is 18.7. The lowest BCUT2D eigenvalue weighted by molar-refractivity contribution is -0.119. The number of carbonyl (C=O) groups excluding carboxylic acids is 3. The average molecular weight is 334 g/mol. The summed E-state index contributed by atoms with van der Waals surface area (Å²) in [6, 6.07) is -2.06. The van der Waals surface area contributed by atoms with Crippen LogP contribution in [0.3, 0.4) is 0 Å². The Hall–Kier alpha value is -2.32. The number of amides is 1. The van der Waals surface area contributed by atoms with E-state index in [-0.39, 0.29) is 23.4 Å². The number of aromatic amines is 1. The standard InChI is InChI=1S/C14H17F3N2O4/c1-4-23-14(22)9-6(2)10(18-7(9)3)11(20)13(21)19-8(5-15)12(16)17/h8,12,18H,4-5H2,1-3H3,(H,19,21). The molecule has 23 heavy (non-hydrogen) atoms. The number of hydrogen-bond acceptors (Lipinski definition) is 4. The van der Waals surface area contributed by atoms with Gasteiger partial charge in [-0.1, -0.05) is 0 Å². The Morgan fingerprint density at radius 3 is 2.35 bits per heavy atom. The number of hydrogen-bond donors (Lipinski definition) is 2. The van der Waals surface area contributed by atoms with Crippen LogP contribution in [0.2, 0.25) is 0 Å². The van der Waals surface area contributed by atoms with Gasteiger partial charge in [-0.15, -0.1) is 0 Å². The van der Waals surface area contributed by atoms with Gasteiger partial charge in [0.1, 0.15) is 12.7 Å². The largest absolute Gasteiger partial charge is 0.462 e. The summed E-state index contributed by atoms with van der Waals surface area (Å²) in [5.41, 5.74) is 0.330. The molecule has 0 aliphatic heterocycles. The van der Waals surface area contributed by atoms with Crippen LogP contribution in [-0.4, -0.2) is 48.4 Å². The van der Waals surface area contributed by atoms with Gasteiger partial charge in [0.05, 0.1) is 17.9 Å². The van der Waals surface area contributed by atoms with E-state index < -0.39 is 36.8 Å². The molecule has 1 aromatic heterocycles. The summed E-state index contributed by atoms with van der Waals surface area (Å²) in [6.45, 7) is 3.14. The lowest BCUT2D eigenvalue weighted by Crippen LogP contribution is -2.44. The topological polar surface area (TPSA) is 88.3 Å². The van der Waals surface area contributed by atoms with Gasteiger partial charge in [0.15, 0.2) is 0 Å². The zero-order chi connectivity index (χ0) is 17.7. The second-order valence-electron chi connectivity index (χ2n) is 4.74. The lowest BCUT2D eigenvalue weighted by Gasteiger charge is -2.13. The van der Waals surface area contributed by atoms with Crippen LogP contribution in [0.15, 0.2) is 0 Å². The molecule has 0 aliphatic rings. The summed E-state index contributed by atoms with van der Waals surface area (Å²) in [6.07, 6.45) is -3.14. The first-order chi connectivity index (χ1) is 10.7. The fourth-order valence-electron chi connectivity index (χ4n) is 2.00. The summed E-state index contributed by atoms with van der Waals surface area (Å²) < 4.78 is 42.1. The molecular formula is C14H17F3N2O4. The summed E-state index contributed by atoms with van der Waals surface area (Å²) in [4.78, 5) is 38.1. The summed E-state index contributed by atoms with van der Waals surface area (Å²) >= 11 is 0. The van der Waals surface area contributed by atoms with Crippen LogP contribution >= 0.6 is 0 Å². The number of Topliss-reactive ketones (excluding diaryl/α,β-unsaturated/α-hetero) is 1. The van der Waals surface area contributed by atoms with Gasteiger partial charge in [-0.25, -0.2) is 18.0 Å². The molecule has 0 saturated carbocycles. The molecule has 2 N–H and O–H groups in total. The van der Waals surface area contributed by atoms with E-state index in [0.29, 0.717) is 5.69 Å². The number of aryl methyl sites for hydroxylation is 1. The van der Waals surface area contributed by atoms with Crippen molar-refractivity contribution in [3.05, 3.63) is 22.5 Å². The molecular weight excluding hydrogens is 317 g/mol. The van der Waals surface area contributed by atoms with Crippen LogP contribution in [0.5, 0.6) is 0 Å². The van der Waals surface area contributed by atoms with Crippen LogP contribution in [0.1, 0.15) is 39.0 Å². The van der Waals surface area contributed by atoms with Gasteiger partial charge in [-0.3, -0.25) is 9.59 Å². The number of esters is 1. The molecule has 6 nitrogen and oxygen atoms in total. The number of halogens is 3. The molecule has 0 fully saturated rings. The van der Waals surface area contributed by atoms with Crippen molar-refractivity contribution in [2.75, 3.05) is 13.3 Å². The Morgan fingerprint density at radius 2 is 1.87 bits per heavy atom. The maximum Gasteiger partial charge on any atom is 0.340 e. The third-order valence-corrected chi connectivity index (χ3v) is 3.14. The predicted molar refractivity (Wildman–Crippen MR) is 74.5 cm³/mol. The third kappa shape index (κ3) is 4.11. The van der Waals surface area contributed by atoms with Gasteiger partial charge >= 0.3 is 5.97 Å². The maximum absolute atomic E-state index is 12.4. The first-order valence-corrected chi connectivity index (χ1v) is 6.80. The molecule has 1 amide bonds. The highest BCUT2D eigenvalue weighted by atomic mass is 19.3. The van der Waals surface area contributed by atoms with Crippen LogP contribution in [0, 0.1) is 13.8 Å². The van der Waals surface area contributed by atoms with Crippen molar-refractivity contribution in [1.82, 2.24) is 10.3 Å². The van der Waals surface area contributed by atoms with Gasteiger partial charge < -0.3 is 15.0 Å². The van der Waals surface area contributed by atoms with E-state index in [1.54, 1.807) is 12.2 Å². The van der Waals surface area contributed by atoms with E-state index in [2.05, 4.69) is 4.98 Å². The Morgan fingerprint density at radius 1 is 1.26 bits per heavy atom. The number of carbonyl (C=O) groups is 3. The van der Waals surface area contributed by atoms with Crippen molar-refractivity contribution in [3.63, 3.8) is 0 Å². The van der Waals surface area contributed by atoms with Crippen molar-refractivity contribution < 1.29 is 32.3 Å². The molecule has 1 unspecified atom stereocenters. The molecule has 0 aromatic carbocycles. The zero-order valence-corrected chi connectivity index (χ0v) is 12.8. The number of rotatable bonds is 7. The number of ether oxygens (including phenoxy) is 1. The van der Waals surface area contributed by atoms with Gasteiger partial charge in [0.25, 0.3) is 18.1 Å². The minimum absolute atomic E-state index is 0.0962. The highest BCUT2D eigenvalue weighted by Gasteiger charge is 2.30. The van der Waals surface area contributed by atoms with E-state index in [1.165, 1.54) is 13.8 Å². The molecule has 1 atom stereocenters. The summed E-state index contributed by atoms with van der Waals surface area (Å²) in [7, 11) is 0. The molecule has 0 spiro atoms. The predicted octanol–water partition coefficient (Wildman–Crippen LogP) is 1.71. The second-order valence-corrected chi connectivity index (χ2v) is 4.74. The molecule has 1 aromatic rings. The number of alkyl halides is 3. The van der Waals surface area contributed by atoms with E-state index in [1.807, 2.05) is 0 Å². The quantitative estimate of drug-likeness (QED) is 0.451. The fourth-order valence-corrected chi connectivity index (χ4v) is 2.00. The van der Waals surface area contributed by atoms with Crippen molar-refractivity contribution in [1.29, 1.82) is 0 Å². The monoisotopic (exact) mass is 334 g/mol. The van der Waals surface area contributed by atoms with E-state index in [0.717, 1.165) is 0 Å². The van der Waals surface area contributed by atoms with Crippen LogP contribution in [0.4, 0.5) is 13.2 Å². The van der Waals surface area contributed by atoms with Crippen molar-refractivity contribution in [3.8, 4) is 0 Å². The highest BCUT2D eigenvalue weighted by Crippen LogP contribution is 2.19. The summed E-state index contributed by atoms with van der Waals surface area (Å²) in [5.74, 6) is -3.22. The highest BCUT2D eigenvalue weighted by molar-refractivity contribution is 6.42. The molecule has 1 rings (SSSR count). The molecule has 0 aliphatic carbocycles. The third-order valence-electron chi connectivity index (χ3n) is 3.14. The number of nitrogens with one attached hydrogen (secondary N) is 2. The fraction of sp³-hybridized carbons (Fsp3) is 0.500. The van der Waals surface area contributed by atoms with Crippen LogP contribution < -0.4 is 5.32 Å². The van der Waals surface area contributed by atoms with Gasteiger partial charge in [0.2, 0.25) is 0 Å². The van der Waals surface area contributed by atoms with Gasteiger partial charge in [-0.2, -0.15) is 0 Å². The first-order valence-electron chi connectivity index (χ1n) is 6.80. The van der Waals surface area contributed by atoms with E-state index in [9.17, 15) is 27.6 Å². The Balaban J connectivity index is 3.03. The van der Waals surface area contributed by atoms with Gasteiger partial charge in [-0.05, 0) is 26.3 Å². The lowest BCUT2D eigenvalue weighted by atomic mass is 10.1.